The van der Waals surface area contributed by atoms with E-state index in [-0.39, 0.29) is 35.5 Å². The first-order chi connectivity index (χ1) is 12.3. The molecule has 0 aromatic heterocycles. The summed E-state index contributed by atoms with van der Waals surface area (Å²) in [5.41, 5.74) is 5.68. The molecule has 1 aliphatic heterocycles. The fourth-order valence-electron chi connectivity index (χ4n) is 3.24. The first-order valence-corrected chi connectivity index (χ1v) is 10.5. The summed E-state index contributed by atoms with van der Waals surface area (Å²) < 4.78 is 32.3. The first-order valence-electron chi connectivity index (χ1n) is 9.04. The van der Waals surface area contributed by atoms with Crippen LogP contribution in [-0.2, 0) is 14.8 Å². The molecular formula is C18H30ClN3O4S. The summed E-state index contributed by atoms with van der Waals surface area (Å²) in [6, 6.07) is 4.63. The molecule has 0 spiro atoms. The van der Waals surface area contributed by atoms with Crippen LogP contribution >= 0.6 is 12.4 Å². The lowest BCUT2D eigenvalue weighted by molar-refractivity contribution is -0.125. The summed E-state index contributed by atoms with van der Waals surface area (Å²) in [5.74, 6) is 0.0586. The molecule has 0 aliphatic carbocycles. The molecule has 0 radical (unpaired) electrons. The zero-order valence-electron chi connectivity index (χ0n) is 16.2. The minimum Gasteiger partial charge on any atom is -0.495 e. The summed E-state index contributed by atoms with van der Waals surface area (Å²) >= 11 is 0. The van der Waals surface area contributed by atoms with Gasteiger partial charge in [0.05, 0.1) is 12.5 Å². The SMILES string of the molecule is CCC(CC)(CN)C(=O)Nc1ccc(S(=O)(=O)N2CCCC2)c(OC)c1.Cl. The maximum absolute atomic E-state index is 12.8. The summed E-state index contributed by atoms with van der Waals surface area (Å²) in [5, 5.41) is 2.85. The Labute approximate surface area is 168 Å². The van der Waals surface area contributed by atoms with Gasteiger partial charge in [0.1, 0.15) is 10.6 Å². The fraction of sp³-hybridized carbons (Fsp3) is 0.611. The third-order valence-electron chi connectivity index (χ3n) is 5.33. The largest absolute Gasteiger partial charge is 0.495 e. The number of halogens is 1. The molecular weight excluding hydrogens is 390 g/mol. The molecule has 3 N–H and O–H groups in total. The molecule has 1 saturated heterocycles. The highest BCUT2D eigenvalue weighted by atomic mass is 35.5. The maximum atomic E-state index is 12.8. The van der Waals surface area contributed by atoms with Gasteiger partial charge in [0.15, 0.2) is 0 Å². The number of carbonyl (C=O) groups is 1. The second-order valence-electron chi connectivity index (χ2n) is 6.62. The molecule has 0 saturated carbocycles. The van der Waals surface area contributed by atoms with Crippen LogP contribution < -0.4 is 15.8 Å². The molecule has 1 aromatic rings. The monoisotopic (exact) mass is 419 g/mol. The zero-order valence-corrected chi connectivity index (χ0v) is 17.8. The average molecular weight is 420 g/mol. The number of anilines is 1. The van der Waals surface area contributed by atoms with Gasteiger partial charge < -0.3 is 15.8 Å². The van der Waals surface area contributed by atoms with E-state index in [1.54, 1.807) is 12.1 Å². The van der Waals surface area contributed by atoms with Crippen molar-refractivity contribution in [3.8, 4) is 5.75 Å². The number of sulfonamides is 1. The predicted octanol–water partition coefficient (Wildman–Crippen LogP) is 2.61. The number of hydrogen-bond donors (Lipinski definition) is 2. The number of carbonyl (C=O) groups excluding carboxylic acids is 1. The lowest BCUT2D eigenvalue weighted by atomic mass is 9.81. The molecule has 0 unspecified atom stereocenters. The number of methoxy groups -OCH3 is 1. The summed E-state index contributed by atoms with van der Waals surface area (Å²) in [6.45, 7) is 5.17. The molecule has 1 aliphatic rings. The average Bonchev–Trinajstić information content (AvgIpc) is 3.19. The Bertz CT molecular complexity index is 737. The van der Waals surface area contributed by atoms with Crippen molar-refractivity contribution < 1.29 is 17.9 Å². The number of nitrogens with two attached hydrogens (primary N) is 1. The van der Waals surface area contributed by atoms with E-state index >= 15 is 0 Å². The number of amides is 1. The second-order valence-corrected chi connectivity index (χ2v) is 8.53. The maximum Gasteiger partial charge on any atom is 0.246 e. The highest BCUT2D eigenvalue weighted by molar-refractivity contribution is 7.89. The minimum atomic E-state index is -3.59. The lowest BCUT2D eigenvalue weighted by Gasteiger charge is -2.28. The number of rotatable bonds is 8. The van der Waals surface area contributed by atoms with Crippen LogP contribution in [0.5, 0.6) is 5.75 Å². The Morgan fingerprint density at radius 1 is 1.26 bits per heavy atom. The quantitative estimate of drug-likeness (QED) is 0.674. The van der Waals surface area contributed by atoms with Crippen molar-refractivity contribution >= 4 is 34.0 Å². The standard InChI is InChI=1S/C18H29N3O4S.ClH/c1-4-18(5-2,13-19)17(22)20-14-8-9-16(15(12-14)25-3)26(23,24)21-10-6-7-11-21;/h8-9,12H,4-7,10-11,13,19H2,1-3H3,(H,20,22);1H. The van der Waals surface area contributed by atoms with Crippen LogP contribution in [0.1, 0.15) is 39.5 Å². The van der Waals surface area contributed by atoms with Gasteiger partial charge in [0, 0.05) is 31.4 Å². The van der Waals surface area contributed by atoms with E-state index in [4.69, 9.17) is 10.5 Å². The normalized spacial score (nSPS) is 15.3. The molecule has 1 aromatic carbocycles. The van der Waals surface area contributed by atoms with Crippen molar-refractivity contribution in [1.82, 2.24) is 4.31 Å². The zero-order chi connectivity index (χ0) is 19.4. The Morgan fingerprint density at radius 3 is 2.33 bits per heavy atom. The highest BCUT2D eigenvalue weighted by Crippen LogP contribution is 2.33. The number of nitrogens with one attached hydrogen (secondary N) is 1. The van der Waals surface area contributed by atoms with Crippen molar-refractivity contribution in [2.75, 3.05) is 32.1 Å². The van der Waals surface area contributed by atoms with Gasteiger partial charge in [-0.2, -0.15) is 4.31 Å². The van der Waals surface area contributed by atoms with Crippen molar-refractivity contribution in [3.05, 3.63) is 18.2 Å². The number of hydrogen-bond acceptors (Lipinski definition) is 5. The first kappa shape index (κ1) is 23.7. The molecule has 27 heavy (non-hydrogen) atoms. The molecule has 1 fully saturated rings. The molecule has 1 heterocycles. The van der Waals surface area contributed by atoms with E-state index < -0.39 is 15.4 Å². The van der Waals surface area contributed by atoms with Gasteiger partial charge >= 0.3 is 0 Å². The molecule has 2 rings (SSSR count). The smallest absolute Gasteiger partial charge is 0.246 e. The third kappa shape index (κ3) is 4.74. The topological polar surface area (TPSA) is 102 Å². The van der Waals surface area contributed by atoms with Gasteiger partial charge in [-0.05, 0) is 37.8 Å². The van der Waals surface area contributed by atoms with Crippen LogP contribution in [0.2, 0.25) is 0 Å². The highest BCUT2D eigenvalue weighted by Gasteiger charge is 2.34. The van der Waals surface area contributed by atoms with Gasteiger partial charge in [-0.15, -0.1) is 12.4 Å². The molecule has 7 nitrogen and oxygen atoms in total. The van der Waals surface area contributed by atoms with Gasteiger partial charge in [-0.1, -0.05) is 13.8 Å². The van der Waals surface area contributed by atoms with Crippen LogP contribution in [0.4, 0.5) is 5.69 Å². The molecule has 1 amide bonds. The Balaban J connectivity index is 0.00000364. The Morgan fingerprint density at radius 2 is 1.85 bits per heavy atom. The van der Waals surface area contributed by atoms with Gasteiger partial charge in [0.25, 0.3) is 0 Å². The van der Waals surface area contributed by atoms with Gasteiger partial charge in [-0.3, -0.25) is 4.79 Å². The Kier molecular flexibility index (Phi) is 8.53. The summed E-state index contributed by atoms with van der Waals surface area (Å²) in [7, 11) is -2.17. The van der Waals surface area contributed by atoms with E-state index in [0.29, 0.717) is 31.6 Å². The number of ether oxygens (including phenoxy) is 1. The second kappa shape index (κ2) is 9.73. The molecule has 0 atom stereocenters. The lowest BCUT2D eigenvalue weighted by Crippen LogP contribution is -2.41. The van der Waals surface area contributed by atoms with Crippen LogP contribution in [0, 0.1) is 5.41 Å². The van der Waals surface area contributed by atoms with E-state index in [1.165, 1.54) is 17.5 Å². The van der Waals surface area contributed by atoms with Crippen molar-refractivity contribution in [3.63, 3.8) is 0 Å². The summed E-state index contributed by atoms with van der Waals surface area (Å²) in [4.78, 5) is 12.8. The van der Waals surface area contributed by atoms with Crippen molar-refractivity contribution in [1.29, 1.82) is 0 Å². The molecule has 9 heteroatoms. The van der Waals surface area contributed by atoms with Crippen molar-refractivity contribution in [2.45, 2.75) is 44.4 Å². The third-order valence-corrected chi connectivity index (χ3v) is 7.27. The Hall–Kier alpha value is -1.35. The number of nitrogens with zero attached hydrogens (tertiary/aromatic N) is 1. The fourth-order valence-corrected chi connectivity index (χ4v) is 4.90. The van der Waals surface area contributed by atoms with E-state index in [1.807, 2.05) is 13.8 Å². The van der Waals surface area contributed by atoms with E-state index in [9.17, 15) is 13.2 Å². The van der Waals surface area contributed by atoms with E-state index in [0.717, 1.165) is 12.8 Å². The van der Waals surface area contributed by atoms with Crippen LogP contribution in [-0.4, -0.2) is 45.4 Å². The van der Waals surface area contributed by atoms with Crippen molar-refractivity contribution in [2.24, 2.45) is 11.1 Å². The predicted molar refractivity (Wildman–Crippen MR) is 109 cm³/mol. The van der Waals surface area contributed by atoms with E-state index in [2.05, 4.69) is 5.32 Å². The van der Waals surface area contributed by atoms with Crippen LogP contribution in [0.15, 0.2) is 23.1 Å². The van der Waals surface area contributed by atoms with Crippen LogP contribution in [0.25, 0.3) is 0 Å². The minimum absolute atomic E-state index is 0. The van der Waals surface area contributed by atoms with Gasteiger partial charge in [-0.25, -0.2) is 8.42 Å². The molecule has 154 valence electrons. The summed E-state index contributed by atoms with van der Waals surface area (Å²) in [6.07, 6.45) is 2.99. The molecule has 0 bridgehead atoms. The van der Waals surface area contributed by atoms with Crippen LogP contribution in [0.3, 0.4) is 0 Å². The number of benzene rings is 1. The van der Waals surface area contributed by atoms with Gasteiger partial charge in [0.2, 0.25) is 15.9 Å².